The zero-order valence-electron chi connectivity index (χ0n) is 13.4. The van der Waals surface area contributed by atoms with Gasteiger partial charge in [-0.2, -0.15) is 0 Å². The van der Waals surface area contributed by atoms with E-state index in [1.54, 1.807) is 24.7 Å². The lowest BCUT2D eigenvalue weighted by Crippen LogP contribution is -2.42. The molecule has 0 spiro atoms. The van der Waals surface area contributed by atoms with Crippen LogP contribution in [0.25, 0.3) is 5.69 Å². The van der Waals surface area contributed by atoms with Crippen molar-refractivity contribution in [1.82, 2.24) is 14.9 Å². The van der Waals surface area contributed by atoms with Crippen LogP contribution in [0.5, 0.6) is 0 Å². The van der Waals surface area contributed by atoms with E-state index in [1.165, 1.54) is 0 Å². The standard InChI is InChI=1S/C18H21N3O3/c22-17(20-16-5-3-1-2-4-15(16)18(23)24)13-6-8-14(9-7-13)21-11-10-19-12-21/h6-12,15-16H,1-5H2,(H,20,22)(H,23,24)/t15-,16+/m1/s1. The highest BCUT2D eigenvalue weighted by atomic mass is 16.4. The van der Waals surface area contributed by atoms with Gasteiger partial charge in [0.2, 0.25) is 0 Å². The lowest BCUT2D eigenvalue weighted by atomic mass is 9.94. The average molecular weight is 327 g/mol. The third-order valence-electron chi connectivity index (χ3n) is 4.58. The molecule has 1 heterocycles. The van der Waals surface area contributed by atoms with Crippen molar-refractivity contribution in [2.45, 2.75) is 38.1 Å². The second-order valence-electron chi connectivity index (χ2n) is 6.18. The summed E-state index contributed by atoms with van der Waals surface area (Å²) >= 11 is 0. The Bertz CT molecular complexity index is 695. The quantitative estimate of drug-likeness (QED) is 0.846. The number of hydrogen-bond acceptors (Lipinski definition) is 3. The lowest BCUT2D eigenvalue weighted by Gasteiger charge is -2.23. The molecule has 6 heteroatoms. The molecular weight excluding hydrogens is 306 g/mol. The van der Waals surface area contributed by atoms with Crippen LogP contribution in [-0.2, 0) is 4.79 Å². The summed E-state index contributed by atoms with van der Waals surface area (Å²) in [5.74, 6) is -1.54. The highest BCUT2D eigenvalue weighted by Crippen LogP contribution is 2.24. The maximum Gasteiger partial charge on any atom is 0.308 e. The van der Waals surface area contributed by atoms with Crippen molar-refractivity contribution in [2.24, 2.45) is 5.92 Å². The molecule has 1 aliphatic rings. The molecule has 1 saturated carbocycles. The topological polar surface area (TPSA) is 84.2 Å². The summed E-state index contributed by atoms with van der Waals surface area (Å²) in [7, 11) is 0. The minimum Gasteiger partial charge on any atom is -0.481 e. The highest BCUT2D eigenvalue weighted by molar-refractivity contribution is 5.94. The molecule has 2 atom stereocenters. The Morgan fingerprint density at radius 1 is 1.12 bits per heavy atom. The number of amides is 1. The maximum atomic E-state index is 12.5. The van der Waals surface area contributed by atoms with E-state index >= 15 is 0 Å². The fourth-order valence-electron chi connectivity index (χ4n) is 3.22. The number of aliphatic carboxylic acids is 1. The highest BCUT2D eigenvalue weighted by Gasteiger charge is 2.30. The zero-order chi connectivity index (χ0) is 16.9. The molecule has 0 bridgehead atoms. The molecule has 0 unspecified atom stereocenters. The average Bonchev–Trinajstić information content (AvgIpc) is 3.02. The molecule has 0 saturated heterocycles. The smallest absolute Gasteiger partial charge is 0.308 e. The monoisotopic (exact) mass is 327 g/mol. The first-order valence-corrected chi connectivity index (χ1v) is 8.27. The van der Waals surface area contributed by atoms with E-state index in [0.717, 1.165) is 31.4 Å². The van der Waals surface area contributed by atoms with E-state index in [-0.39, 0.29) is 11.9 Å². The van der Waals surface area contributed by atoms with Gasteiger partial charge in [-0.15, -0.1) is 0 Å². The molecule has 2 N–H and O–H groups in total. The third-order valence-corrected chi connectivity index (χ3v) is 4.58. The fourth-order valence-corrected chi connectivity index (χ4v) is 3.22. The number of aromatic nitrogens is 2. The van der Waals surface area contributed by atoms with Gasteiger partial charge in [0.05, 0.1) is 12.2 Å². The summed E-state index contributed by atoms with van der Waals surface area (Å²) in [4.78, 5) is 27.9. The Hall–Kier alpha value is -2.63. The first-order chi connectivity index (χ1) is 11.6. The fraction of sp³-hybridized carbons (Fsp3) is 0.389. The normalized spacial score (nSPS) is 21.0. The number of carboxylic acid groups (broad SMARTS) is 1. The van der Waals surface area contributed by atoms with Gasteiger partial charge in [-0.05, 0) is 37.1 Å². The van der Waals surface area contributed by atoms with Crippen LogP contribution in [0.15, 0.2) is 43.0 Å². The Morgan fingerprint density at radius 3 is 2.54 bits per heavy atom. The van der Waals surface area contributed by atoms with E-state index < -0.39 is 11.9 Å². The van der Waals surface area contributed by atoms with Crippen LogP contribution >= 0.6 is 0 Å². The maximum absolute atomic E-state index is 12.5. The summed E-state index contributed by atoms with van der Waals surface area (Å²) in [5.41, 5.74) is 1.45. The van der Waals surface area contributed by atoms with Gasteiger partial charge in [-0.3, -0.25) is 9.59 Å². The summed E-state index contributed by atoms with van der Waals surface area (Å²) in [6, 6.07) is 6.89. The van der Waals surface area contributed by atoms with Gasteiger partial charge in [0, 0.05) is 29.7 Å². The van der Waals surface area contributed by atoms with E-state index in [4.69, 9.17) is 0 Å². The molecule has 3 rings (SSSR count). The Morgan fingerprint density at radius 2 is 1.88 bits per heavy atom. The third kappa shape index (κ3) is 3.64. The molecule has 0 radical (unpaired) electrons. The summed E-state index contributed by atoms with van der Waals surface area (Å²) < 4.78 is 1.85. The molecule has 2 aromatic rings. The minimum absolute atomic E-state index is 0.217. The van der Waals surface area contributed by atoms with Crippen molar-refractivity contribution in [3.8, 4) is 5.69 Å². The van der Waals surface area contributed by atoms with Crippen molar-refractivity contribution in [1.29, 1.82) is 0 Å². The van der Waals surface area contributed by atoms with E-state index in [2.05, 4.69) is 10.3 Å². The van der Waals surface area contributed by atoms with Gasteiger partial charge in [0.25, 0.3) is 5.91 Å². The van der Waals surface area contributed by atoms with Crippen molar-refractivity contribution in [2.75, 3.05) is 0 Å². The SMILES string of the molecule is O=C(N[C@H]1CCCCC[C@H]1C(=O)O)c1ccc(-n2ccnc2)cc1. The Balaban J connectivity index is 1.70. The van der Waals surface area contributed by atoms with Crippen LogP contribution in [0.3, 0.4) is 0 Å². The number of carbonyl (C=O) groups excluding carboxylic acids is 1. The van der Waals surface area contributed by atoms with Crippen LogP contribution < -0.4 is 5.32 Å². The first kappa shape index (κ1) is 16.2. The van der Waals surface area contributed by atoms with Crippen LogP contribution in [0.2, 0.25) is 0 Å². The van der Waals surface area contributed by atoms with Gasteiger partial charge in [0.1, 0.15) is 0 Å². The molecule has 1 amide bonds. The largest absolute Gasteiger partial charge is 0.481 e. The van der Waals surface area contributed by atoms with Crippen molar-refractivity contribution < 1.29 is 14.7 Å². The van der Waals surface area contributed by atoms with Gasteiger partial charge in [-0.25, -0.2) is 4.98 Å². The molecule has 24 heavy (non-hydrogen) atoms. The van der Waals surface area contributed by atoms with Crippen LogP contribution in [0.1, 0.15) is 42.5 Å². The molecular formula is C18H21N3O3. The van der Waals surface area contributed by atoms with Crippen LogP contribution in [0.4, 0.5) is 0 Å². The number of nitrogens with zero attached hydrogens (tertiary/aromatic N) is 2. The number of imidazole rings is 1. The summed E-state index contributed by atoms with van der Waals surface area (Å²) in [6.45, 7) is 0. The van der Waals surface area contributed by atoms with E-state index in [1.807, 2.05) is 22.9 Å². The summed E-state index contributed by atoms with van der Waals surface area (Å²) in [6.07, 6.45) is 9.44. The predicted octanol–water partition coefficient (Wildman–Crippen LogP) is 2.64. The molecule has 126 valence electrons. The molecule has 1 aromatic heterocycles. The number of rotatable bonds is 4. The second-order valence-corrected chi connectivity index (χ2v) is 6.18. The molecule has 6 nitrogen and oxygen atoms in total. The van der Waals surface area contributed by atoms with Crippen molar-refractivity contribution in [3.63, 3.8) is 0 Å². The van der Waals surface area contributed by atoms with Gasteiger partial charge < -0.3 is 15.0 Å². The number of carbonyl (C=O) groups is 2. The van der Waals surface area contributed by atoms with E-state index in [0.29, 0.717) is 12.0 Å². The lowest BCUT2D eigenvalue weighted by molar-refractivity contribution is -0.142. The van der Waals surface area contributed by atoms with E-state index in [9.17, 15) is 14.7 Å². The van der Waals surface area contributed by atoms with Crippen molar-refractivity contribution in [3.05, 3.63) is 48.5 Å². The molecule has 1 fully saturated rings. The number of nitrogens with one attached hydrogen (secondary N) is 1. The van der Waals surface area contributed by atoms with Gasteiger partial charge >= 0.3 is 5.97 Å². The minimum atomic E-state index is -0.822. The Kier molecular flexibility index (Phi) is 4.93. The molecule has 1 aromatic carbocycles. The predicted molar refractivity (Wildman–Crippen MR) is 89.0 cm³/mol. The molecule has 0 aliphatic heterocycles. The van der Waals surface area contributed by atoms with Crippen molar-refractivity contribution >= 4 is 11.9 Å². The molecule has 1 aliphatic carbocycles. The summed E-state index contributed by atoms with van der Waals surface area (Å²) in [5, 5.41) is 12.3. The van der Waals surface area contributed by atoms with Gasteiger partial charge in [-0.1, -0.05) is 19.3 Å². The second kappa shape index (κ2) is 7.29. The van der Waals surface area contributed by atoms with Crippen LogP contribution in [-0.4, -0.2) is 32.6 Å². The number of hydrogen-bond donors (Lipinski definition) is 2. The first-order valence-electron chi connectivity index (χ1n) is 8.27. The number of benzene rings is 1. The van der Waals surface area contributed by atoms with Crippen LogP contribution in [0, 0.1) is 5.92 Å². The van der Waals surface area contributed by atoms with Gasteiger partial charge in [0.15, 0.2) is 0 Å². The number of carboxylic acids is 1. The Labute approximate surface area is 140 Å². The zero-order valence-corrected chi connectivity index (χ0v) is 13.4.